The number of hydrogen-bond acceptors (Lipinski definition) is 2. The Morgan fingerprint density at radius 3 is 2.27 bits per heavy atom. The van der Waals surface area contributed by atoms with Crippen LogP contribution in [0.25, 0.3) is 0 Å². The molecule has 2 heteroatoms. The molecule has 0 aliphatic carbocycles. The number of rotatable bonds is 4. The van der Waals surface area contributed by atoms with Gasteiger partial charge in [0.25, 0.3) is 0 Å². The lowest BCUT2D eigenvalue weighted by Crippen LogP contribution is -1.95. The summed E-state index contributed by atoms with van der Waals surface area (Å²) in [6, 6.07) is 8.18. The zero-order valence-electron chi connectivity index (χ0n) is 9.53. The number of aliphatic imine (C=N–C) groups is 1. The minimum absolute atomic E-state index is 0.0874. The van der Waals surface area contributed by atoms with Gasteiger partial charge in [0.15, 0.2) is 0 Å². The fourth-order valence-corrected chi connectivity index (χ4v) is 1.56. The molecule has 0 saturated heterocycles. The summed E-state index contributed by atoms with van der Waals surface area (Å²) < 4.78 is 0. The molecule has 0 heterocycles. The molecule has 0 aliphatic rings. The van der Waals surface area contributed by atoms with Crippen LogP contribution in [0.2, 0.25) is 0 Å². The second-order valence-electron chi connectivity index (χ2n) is 4.24. The Bertz CT molecular complexity index is 347. The van der Waals surface area contributed by atoms with Crippen molar-refractivity contribution in [3.63, 3.8) is 0 Å². The fourth-order valence-electron chi connectivity index (χ4n) is 1.56. The van der Waals surface area contributed by atoms with Crippen molar-refractivity contribution in [2.24, 2.45) is 10.9 Å². The zero-order chi connectivity index (χ0) is 11.3. The molecule has 0 spiro atoms. The van der Waals surface area contributed by atoms with Crippen LogP contribution in [0.1, 0.15) is 37.9 Å². The molecule has 80 valence electrons. The van der Waals surface area contributed by atoms with E-state index in [-0.39, 0.29) is 6.04 Å². The van der Waals surface area contributed by atoms with E-state index in [0.717, 1.165) is 12.0 Å². The highest BCUT2D eigenvalue weighted by atomic mass is 16.1. The smallest absolute Gasteiger partial charge is 0.211 e. The number of carbonyl (C=O) groups excluding carboxylic acids is 1. The quantitative estimate of drug-likeness (QED) is 0.545. The van der Waals surface area contributed by atoms with Crippen LogP contribution < -0.4 is 0 Å². The van der Waals surface area contributed by atoms with Gasteiger partial charge in [0.1, 0.15) is 0 Å². The SMILES string of the molecule is CC(C)Cc1ccc([C@H](C)N=C=O)cc1. The highest BCUT2D eigenvalue weighted by molar-refractivity contribution is 5.35. The third-order valence-electron chi connectivity index (χ3n) is 2.35. The molecule has 1 aromatic rings. The van der Waals surface area contributed by atoms with E-state index in [4.69, 9.17) is 0 Å². The first kappa shape index (κ1) is 11.7. The molecule has 0 saturated carbocycles. The van der Waals surface area contributed by atoms with Gasteiger partial charge in [-0.1, -0.05) is 38.1 Å². The van der Waals surface area contributed by atoms with E-state index in [9.17, 15) is 4.79 Å². The summed E-state index contributed by atoms with van der Waals surface area (Å²) >= 11 is 0. The molecule has 1 aromatic carbocycles. The van der Waals surface area contributed by atoms with Crippen molar-refractivity contribution < 1.29 is 4.79 Å². The maximum atomic E-state index is 10.1. The van der Waals surface area contributed by atoms with Crippen molar-refractivity contribution in [3.05, 3.63) is 35.4 Å². The van der Waals surface area contributed by atoms with Crippen molar-refractivity contribution >= 4 is 6.08 Å². The lowest BCUT2D eigenvalue weighted by Gasteiger charge is -2.07. The summed E-state index contributed by atoms with van der Waals surface area (Å²) in [5.41, 5.74) is 2.39. The van der Waals surface area contributed by atoms with Gasteiger partial charge >= 0.3 is 0 Å². The van der Waals surface area contributed by atoms with E-state index >= 15 is 0 Å². The van der Waals surface area contributed by atoms with Crippen LogP contribution in [0, 0.1) is 5.92 Å². The van der Waals surface area contributed by atoms with Gasteiger partial charge in [0.2, 0.25) is 6.08 Å². The molecule has 0 fully saturated rings. The Morgan fingerprint density at radius 2 is 1.80 bits per heavy atom. The van der Waals surface area contributed by atoms with Gasteiger partial charge in [-0.3, -0.25) is 0 Å². The summed E-state index contributed by atoms with van der Waals surface area (Å²) in [7, 11) is 0. The van der Waals surface area contributed by atoms with E-state index in [0.29, 0.717) is 5.92 Å². The topological polar surface area (TPSA) is 29.4 Å². The molecule has 0 radical (unpaired) electrons. The van der Waals surface area contributed by atoms with E-state index in [1.54, 1.807) is 6.08 Å². The maximum absolute atomic E-state index is 10.1. The second-order valence-corrected chi connectivity index (χ2v) is 4.24. The third-order valence-corrected chi connectivity index (χ3v) is 2.35. The summed E-state index contributed by atoms with van der Waals surface area (Å²) in [6.45, 7) is 6.29. The van der Waals surface area contributed by atoms with Gasteiger partial charge in [-0.15, -0.1) is 0 Å². The fraction of sp³-hybridized carbons (Fsp3) is 0.462. The normalized spacial score (nSPS) is 12.3. The van der Waals surface area contributed by atoms with Gasteiger partial charge in [0.05, 0.1) is 6.04 Å². The van der Waals surface area contributed by atoms with Crippen LogP contribution in [-0.4, -0.2) is 6.08 Å². The predicted octanol–water partition coefficient (Wildman–Crippen LogP) is 3.28. The van der Waals surface area contributed by atoms with Gasteiger partial charge in [-0.05, 0) is 30.4 Å². The molecular weight excluding hydrogens is 186 g/mol. The number of hydrogen-bond donors (Lipinski definition) is 0. The molecule has 1 rings (SSSR count). The molecule has 1 atom stereocenters. The first-order chi connectivity index (χ1) is 7.13. The first-order valence-corrected chi connectivity index (χ1v) is 5.29. The average Bonchev–Trinajstić information content (AvgIpc) is 2.18. The van der Waals surface area contributed by atoms with Gasteiger partial charge in [-0.25, -0.2) is 4.79 Å². The van der Waals surface area contributed by atoms with Gasteiger partial charge in [0, 0.05) is 0 Å². The van der Waals surface area contributed by atoms with Crippen LogP contribution in [0.4, 0.5) is 0 Å². The Labute approximate surface area is 91.0 Å². The summed E-state index contributed by atoms with van der Waals surface area (Å²) in [6.07, 6.45) is 2.68. The standard InChI is InChI=1S/C13H17NO/c1-10(2)8-12-4-6-13(7-5-12)11(3)14-9-15/h4-7,10-11H,8H2,1-3H3/t11-/m0/s1. The van der Waals surface area contributed by atoms with Crippen molar-refractivity contribution in [2.75, 3.05) is 0 Å². The average molecular weight is 203 g/mol. The maximum Gasteiger partial charge on any atom is 0.235 e. The molecule has 0 amide bonds. The lowest BCUT2D eigenvalue weighted by atomic mass is 10.0. The van der Waals surface area contributed by atoms with E-state index in [1.165, 1.54) is 5.56 Å². The molecule has 0 unspecified atom stereocenters. The minimum atomic E-state index is -0.0874. The Kier molecular flexibility index (Phi) is 4.26. The third kappa shape index (κ3) is 3.69. The summed E-state index contributed by atoms with van der Waals surface area (Å²) in [5.74, 6) is 0.668. The zero-order valence-corrected chi connectivity index (χ0v) is 9.53. The van der Waals surface area contributed by atoms with E-state index < -0.39 is 0 Å². The highest BCUT2D eigenvalue weighted by Gasteiger charge is 2.03. The lowest BCUT2D eigenvalue weighted by molar-refractivity contribution is 0.559. The molecule has 2 nitrogen and oxygen atoms in total. The van der Waals surface area contributed by atoms with E-state index in [2.05, 4.69) is 31.0 Å². The number of isocyanates is 1. The first-order valence-electron chi connectivity index (χ1n) is 5.29. The Hall–Kier alpha value is -1.40. The Morgan fingerprint density at radius 1 is 1.20 bits per heavy atom. The largest absolute Gasteiger partial charge is 0.235 e. The summed E-state index contributed by atoms with van der Waals surface area (Å²) in [4.78, 5) is 13.8. The van der Waals surface area contributed by atoms with Crippen molar-refractivity contribution in [2.45, 2.75) is 33.2 Å². The molecule has 0 aliphatic heterocycles. The van der Waals surface area contributed by atoms with Crippen molar-refractivity contribution in [1.29, 1.82) is 0 Å². The van der Waals surface area contributed by atoms with Crippen molar-refractivity contribution in [1.82, 2.24) is 0 Å². The second kappa shape index (κ2) is 5.47. The monoisotopic (exact) mass is 203 g/mol. The van der Waals surface area contributed by atoms with Crippen LogP contribution in [0.3, 0.4) is 0 Å². The molecule has 0 N–H and O–H groups in total. The number of nitrogens with zero attached hydrogens (tertiary/aromatic N) is 1. The predicted molar refractivity (Wildman–Crippen MR) is 61.5 cm³/mol. The van der Waals surface area contributed by atoms with Crippen molar-refractivity contribution in [3.8, 4) is 0 Å². The van der Waals surface area contributed by atoms with Gasteiger partial charge in [-0.2, -0.15) is 4.99 Å². The van der Waals surface area contributed by atoms with E-state index in [1.807, 2.05) is 19.1 Å². The number of benzene rings is 1. The van der Waals surface area contributed by atoms with Crippen LogP contribution in [-0.2, 0) is 11.2 Å². The molecule has 15 heavy (non-hydrogen) atoms. The molecule has 0 aromatic heterocycles. The molecule has 0 bridgehead atoms. The highest BCUT2D eigenvalue weighted by Crippen LogP contribution is 2.17. The van der Waals surface area contributed by atoms with Crippen LogP contribution >= 0.6 is 0 Å². The minimum Gasteiger partial charge on any atom is -0.211 e. The Balaban J connectivity index is 2.75. The summed E-state index contributed by atoms with van der Waals surface area (Å²) in [5, 5.41) is 0. The van der Waals surface area contributed by atoms with Crippen LogP contribution in [0.15, 0.2) is 29.3 Å². The van der Waals surface area contributed by atoms with Gasteiger partial charge < -0.3 is 0 Å². The van der Waals surface area contributed by atoms with Crippen LogP contribution in [0.5, 0.6) is 0 Å². The molecular formula is C13H17NO.